The number of aryl methyl sites for hydroxylation is 1. The largest absolute Gasteiger partial charge is 0.360 e. The van der Waals surface area contributed by atoms with Crippen LogP contribution in [0.3, 0.4) is 0 Å². The molecule has 19 heavy (non-hydrogen) atoms. The maximum atomic E-state index is 12.2. The van der Waals surface area contributed by atoms with Crippen LogP contribution in [0.2, 0.25) is 0 Å². The zero-order valence-electron chi connectivity index (χ0n) is 12.4. The van der Waals surface area contributed by atoms with Crippen molar-refractivity contribution < 1.29 is 4.79 Å². The van der Waals surface area contributed by atoms with Gasteiger partial charge in [0.2, 0.25) is 5.91 Å². The number of amides is 1. The molecule has 1 rings (SSSR count). The van der Waals surface area contributed by atoms with Gasteiger partial charge in [-0.2, -0.15) is 0 Å². The molecule has 106 valence electrons. The number of benzene rings is 1. The maximum Gasteiger partial charge on any atom is 0.244 e. The predicted octanol–water partition coefficient (Wildman–Crippen LogP) is 1.63. The molecule has 0 aliphatic heterocycles. The molecule has 4 nitrogen and oxygen atoms in total. The third-order valence-corrected chi connectivity index (χ3v) is 3.29. The van der Waals surface area contributed by atoms with Crippen LogP contribution in [0.4, 0.5) is 5.69 Å². The van der Waals surface area contributed by atoms with Crippen LogP contribution in [-0.4, -0.2) is 44.0 Å². The van der Waals surface area contributed by atoms with Gasteiger partial charge in [0.05, 0.1) is 0 Å². The first kappa shape index (κ1) is 15.5. The highest BCUT2D eigenvalue weighted by Crippen LogP contribution is 2.22. The first-order valence-corrected chi connectivity index (χ1v) is 6.72. The average Bonchev–Trinajstić information content (AvgIpc) is 2.39. The fraction of sp³-hybridized carbons (Fsp3) is 0.533. The summed E-state index contributed by atoms with van der Waals surface area (Å²) in [6.07, 6.45) is 0.874. The van der Waals surface area contributed by atoms with E-state index in [0.717, 1.165) is 18.7 Å². The Kier molecular flexibility index (Phi) is 5.83. The monoisotopic (exact) mass is 263 g/mol. The van der Waals surface area contributed by atoms with Gasteiger partial charge in [-0.25, -0.2) is 0 Å². The molecule has 2 N–H and O–H groups in total. The average molecular weight is 263 g/mol. The van der Waals surface area contributed by atoms with Gasteiger partial charge in [-0.3, -0.25) is 4.79 Å². The molecule has 0 bridgehead atoms. The minimum absolute atomic E-state index is 0.111. The van der Waals surface area contributed by atoms with Crippen molar-refractivity contribution in [3.05, 3.63) is 29.8 Å². The third-order valence-electron chi connectivity index (χ3n) is 3.29. The van der Waals surface area contributed by atoms with Crippen molar-refractivity contribution in [2.75, 3.05) is 32.1 Å². The van der Waals surface area contributed by atoms with E-state index >= 15 is 0 Å². The lowest BCUT2D eigenvalue weighted by atomic mass is 10.1. The number of nitrogens with two attached hydrogens (primary N) is 1. The van der Waals surface area contributed by atoms with Gasteiger partial charge >= 0.3 is 0 Å². The van der Waals surface area contributed by atoms with E-state index in [-0.39, 0.29) is 11.9 Å². The Bertz CT molecular complexity index is 418. The summed E-state index contributed by atoms with van der Waals surface area (Å²) >= 11 is 0. The van der Waals surface area contributed by atoms with E-state index < -0.39 is 0 Å². The molecule has 0 spiro atoms. The summed E-state index contributed by atoms with van der Waals surface area (Å²) in [5.41, 5.74) is 7.90. The fourth-order valence-electron chi connectivity index (χ4n) is 2.18. The zero-order chi connectivity index (χ0) is 14.4. The molecule has 1 atom stereocenters. The molecule has 4 heteroatoms. The third kappa shape index (κ3) is 3.96. The van der Waals surface area contributed by atoms with Crippen LogP contribution < -0.4 is 10.6 Å². The van der Waals surface area contributed by atoms with Crippen molar-refractivity contribution >= 4 is 11.6 Å². The lowest BCUT2D eigenvalue weighted by Crippen LogP contribution is -2.45. The Balaban J connectivity index is 3.01. The van der Waals surface area contributed by atoms with Gasteiger partial charge in [0.25, 0.3) is 0 Å². The zero-order valence-corrected chi connectivity index (χ0v) is 12.4. The topological polar surface area (TPSA) is 49.6 Å². The van der Waals surface area contributed by atoms with Gasteiger partial charge in [-0.1, -0.05) is 18.2 Å². The summed E-state index contributed by atoms with van der Waals surface area (Å²) in [6.45, 7) is 5.44. The van der Waals surface area contributed by atoms with Crippen LogP contribution in [0.25, 0.3) is 0 Å². The maximum absolute atomic E-state index is 12.2. The Morgan fingerprint density at radius 1 is 1.32 bits per heavy atom. The summed E-state index contributed by atoms with van der Waals surface area (Å²) < 4.78 is 0. The van der Waals surface area contributed by atoms with Crippen LogP contribution in [0.1, 0.15) is 18.9 Å². The highest BCUT2D eigenvalue weighted by Gasteiger charge is 2.23. The highest BCUT2D eigenvalue weighted by atomic mass is 16.2. The number of anilines is 1. The second-order valence-electron chi connectivity index (χ2n) is 5.03. The van der Waals surface area contributed by atoms with Crippen molar-refractivity contribution in [1.29, 1.82) is 0 Å². The highest BCUT2D eigenvalue weighted by molar-refractivity contribution is 5.84. The van der Waals surface area contributed by atoms with Gasteiger partial charge in [0.1, 0.15) is 6.04 Å². The van der Waals surface area contributed by atoms with Gasteiger partial charge < -0.3 is 15.5 Å². The molecule has 1 amide bonds. The molecular formula is C15H25N3O. The number of likely N-dealkylation sites (N-methyl/N-ethyl adjacent to an activating group) is 1. The van der Waals surface area contributed by atoms with E-state index in [9.17, 15) is 4.79 Å². The Morgan fingerprint density at radius 3 is 2.47 bits per heavy atom. The van der Waals surface area contributed by atoms with E-state index in [1.807, 2.05) is 19.1 Å². The van der Waals surface area contributed by atoms with E-state index in [0.29, 0.717) is 6.54 Å². The quantitative estimate of drug-likeness (QED) is 0.848. The van der Waals surface area contributed by atoms with Crippen LogP contribution >= 0.6 is 0 Å². The molecule has 1 aromatic rings. The van der Waals surface area contributed by atoms with Crippen LogP contribution in [0.5, 0.6) is 0 Å². The lowest BCUT2D eigenvalue weighted by Gasteiger charge is -2.33. The number of hydrogen-bond donors (Lipinski definition) is 1. The van der Waals surface area contributed by atoms with E-state index in [1.165, 1.54) is 5.56 Å². The first-order valence-electron chi connectivity index (χ1n) is 6.72. The minimum atomic E-state index is -0.178. The number of para-hydroxylation sites is 1. The fourth-order valence-corrected chi connectivity index (χ4v) is 2.18. The van der Waals surface area contributed by atoms with E-state index in [1.54, 1.807) is 19.0 Å². The van der Waals surface area contributed by atoms with Gasteiger partial charge in [0, 0.05) is 26.3 Å². The van der Waals surface area contributed by atoms with Crippen molar-refractivity contribution in [1.82, 2.24) is 4.90 Å². The Morgan fingerprint density at radius 2 is 1.95 bits per heavy atom. The van der Waals surface area contributed by atoms with Crippen molar-refractivity contribution in [3.8, 4) is 0 Å². The smallest absolute Gasteiger partial charge is 0.244 e. The molecule has 0 aromatic heterocycles. The number of carbonyl (C=O) groups excluding carboxylic acids is 1. The van der Waals surface area contributed by atoms with Crippen molar-refractivity contribution in [3.63, 3.8) is 0 Å². The van der Waals surface area contributed by atoms with Crippen LogP contribution in [0.15, 0.2) is 24.3 Å². The van der Waals surface area contributed by atoms with Gasteiger partial charge in [0.15, 0.2) is 0 Å². The SMILES string of the molecule is Cc1ccccc1N(CCCN)C(C)C(=O)N(C)C. The van der Waals surface area contributed by atoms with E-state index in [4.69, 9.17) is 5.73 Å². The van der Waals surface area contributed by atoms with Crippen molar-refractivity contribution in [2.45, 2.75) is 26.3 Å². The normalized spacial score (nSPS) is 12.1. The molecule has 0 saturated heterocycles. The molecule has 0 saturated carbocycles. The number of hydrogen-bond acceptors (Lipinski definition) is 3. The second-order valence-corrected chi connectivity index (χ2v) is 5.03. The minimum Gasteiger partial charge on any atom is -0.360 e. The predicted molar refractivity (Wildman–Crippen MR) is 80.4 cm³/mol. The molecule has 0 aliphatic rings. The molecule has 0 fully saturated rings. The summed E-state index contributed by atoms with van der Waals surface area (Å²) in [6, 6.07) is 7.97. The lowest BCUT2D eigenvalue weighted by molar-refractivity contribution is -0.129. The van der Waals surface area contributed by atoms with Gasteiger partial charge in [-0.15, -0.1) is 0 Å². The number of nitrogens with zero attached hydrogens (tertiary/aromatic N) is 2. The van der Waals surface area contributed by atoms with Crippen LogP contribution in [-0.2, 0) is 4.79 Å². The number of carbonyl (C=O) groups is 1. The molecule has 1 aromatic carbocycles. The molecule has 0 heterocycles. The first-order chi connectivity index (χ1) is 8.99. The molecule has 1 unspecified atom stereocenters. The second kappa shape index (κ2) is 7.14. The van der Waals surface area contributed by atoms with E-state index in [2.05, 4.69) is 24.0 Å². The number of rotatable bonds is 6. The summed E-state index contributed by atoms with van der Waals surface area (Å²) in [4.78, 5) is 16.0. The molecule has 0 radical (unpaired) electrons. The Labute approximate surface area is 116 Å². The van der Waals surface area contributed by atoms with Gasteiger partial charge in [-0.05, 0) is 38.4 Å². The van der Waals surface area contributed by atoms with Crippen LogP contribution in [0, 0.1) is 6.92 Å². The molecular weight excluding hydrogens is 238 g/mol. The standard InChI is InChI=1S/C15H25N3O/c1-12-8-5-6-9-14(12)18(11-7-10-16)13(2)15(19)17(3)4/h5-6,8-9,13H,7,10-11,16H2,1-4H3. The summed E-state index contributed by atoms with van der Waals surface area (Å²) in [5, 5.41) is 0. The Hall–Kier alpha value is -1.55. The summed E-state index contributed by atoms with van der Waals surface area (Å²) in [5.74, 6) is 0.111. The summed E-state index contributed by atoms with van der Waals surface area (Å²) in [7, 11) is 3.58. The molecule has 0 aliphatic carbocycles. The van der Waals surface area contributed by atoms with Crippen molar-refractivity contribution in [2.24, 2.45) is 5.73 Å².